The molecule has 1 saturated heterocycles. The zero-order chi connectivity index (χ0) is 20.5. The summed E-state index contributed by atoms with van der Waals surface area (Å²) in [5.41, 5.74) is -0.871. The van der Waals surface area contributed by atoms with E-state index in [9.17, 15) is 9.90 Å². The minimum Gasteiger partial charge on any atom is -0.481 e. The van der Waals surface area contributed by atoms with Crippen molar-refractivity contribution < 1.29 is 29.2 Å². The molecule has 1 aliphatic carbocycles. The molecule has 1 saturated carbocycles. The molecule has 2 rings (SSSR count). The molecule has 3 unspecified atom stereocenters. The van der Waals surface area contributed by atoms with Gasteiger partial charge >= 0.3 is 5.97 Å². The second kappa shape index (κ2) is 11.3. The molecule has 1 heterocycles. The summed E-state index contributed by atoms with van der Waals surface area (Å²) in [7, 11) is 0. The highest BCUT2D eigenvalue weighted by atomic mass is 16.7. The van der Waals surface area contributed by atoms with Crippen LogP contribution >= 0.6 is 0 Å². The average Bonchev–Trinajstić information content (AvgIpc) is 3.24. The average molecular weight is 399 g/mol. The van der Waals surface area contributed by atoms with E-state index in [1.54, 1.807) is 0 Å². The van der Waals surface area contributed by atoms with Gasteiger partial charge in [0.2, 0.25) is 0 Å². The molecule has 1 spiro atoms. The van der Waals surface area contributed by atoms with Crippen molar-refractivity contribution in [2.75, 3.05) is 26.4 Å². The molecule has 6 nitrogen and oxygen atoms in total. The van der Waals surface area contributed by atoms with E-state index < -0.39 is 17.4 Å². The van der Waals surface area contributed by atoms with Gasteiger partial charge in [0.1, 0.15) is 0 Å². The molecule has 0 radical (unpaired) electrons. The number of allylic oxidation sites excluding steroid dienone is 1. The second-order valence-corrected chi connectivity index (χ2v) is 8.33. The van der Waals surface area contributed by atoms with Gasteiger partial charge in [-0.05, 0) is 39.0 Å². The Balaban J connectivity index is 1.88. The Bertz CT molecular complexity index is 495. The van der Waals surface area contributed by atoms with E-state index in [0.29, 0.717) is 38.8 Å². The molecule has 162 valence electrons. The molecule has 3 atom stereocenters. The van der Waals surface area contributed by atoms with Crippen LogP contribution in [-0.4, -0.2) is 54.0 Å². The maximum absolute atomic E-state index is 10.6. The van der Waals surface area contributed by atoms with Gasteiger partial charge in [0.15, 0.2) is 5.79 Å². The van der Waals surface area contributed by atoms with Crippen LogP contribution in [0.3, 0.4) is 0 Å². The quantitative estimate of drug-likeness (QED) is 0.361. The van der Waals surface area contributed by atoms with E-state index in [1.807, 2.05) is 19.9 Å². The molecular formula is C22H38O6. The van der Waals surface area contributed by atoms with Crippen molar-refractivity contribution in [1.29, 1.82) is 0 Å². The largest absolute Gasteiger partial charge is 0.481 e. The Morgan fingerprint density at radius 3 is 2.64 bits per heavy atom. The molecule has 1 aliphatic heterocycles. The summed E-state index contributed by atoms with van der Waals surface area (Å²) in [6, 6.07) is 0. The minimum absolute atomic E-state index is 0.252. The van der Waals surface area contributed by atoms with Crippen LogP contribution in [0.4, 0.5) is 0 Å². The Morgan fingerprint density at radius 2 is 1.96 bits per heavy atom. The standard InChI is InChI=1S/C22H38O6/c1-3-26-15-14-21(2,25)12-10-18-11-13-22(27-16-17-28-22)19(18)8-6-4-5-7-9-20(23)24/h10,12,18-19,25H,3-9,11,13-17H2,1-2H3,(H,23,24). The highest BCUT2D eigenvalue weighted by Gasteiger charge is 2.51. The van der Waals surface area contributed by atoms with Gasteiger partial charge < -0.3 is 24.4 Å². The number of carboxylic acids is 1. The van der Waals surface area contributed by atoms with E-state index in [2.05, 4.69) is 6.08 Å². The highest BCUT2D eigenvalue weighted by Crippen LogP contribution is 2.49. The molecule has 2 aliphatic rings. The first-order chi connectivity index (χ1) is 13.4. The Labute approximate surface area is 169 Å². The normalized spacial score (nSPS) is 26.2. The fraction of sp³-hybridized carbons (Fsp3) is 0.864. The molecule has 0 aromatic carbocycles. The van der Waals surface area contributed by atoms with Crippen LogP contribution in [0.2, 0.25) is 0 Å². The van der Waals surface area contributed by atoms with E-state index in [1.165, 1.54) is 0 Å². The number of hydrogen-bond donors (Lipinski definition) is 2. The van der Waals surface area contributed by atoms with Crippen LogP contribution < -0.4 is 0 Å². The van der Waals surface area contributed by atoms with Crippen LogP contribution in [0.15, 0.2) is 12.2 Å². The number of ether oxygens (including phenoxy) is 3. The number of unbranched alkanes of at least 4 members (excludes halogenated alkanes) is 3. The zero-order valence-electron chi connectivity index (χ0n) is 17.5. The smallest absolute Gasteiger partial charge is 0.303 e. The van der Waals surface area contributed by atoms with Crippen molar-refractivity contribution >= 4 is 5.97 Å². The first kappa shape index (κ1) is 23.3. The fourth-order valence-electron chi connectivity index (χ4n) is 4.41. The Morgan fingerprint density at radius 1 is 1.25 bits per heavy atom. The number of hydrogen-bond acceptors (Lipinski definition) is 5. The lowest BCUT2D eigenvalue weighted by Crippen LogP contribution is -2.36. The van der Waals surface area contributed by atoms with Crippen LogP contribution in [0, 0.1) is 11.8 Å². The lowest BCUT2D eigenvalue weighted by Gasteiger charge is -2.32. The maximum Gasteiger partial charge on any atom is 0.303 e. The Hall–Kier alpha value is -0.950. The van der Waals surface area contributed by atoms with Gasteiger partial charge in [-0.15, -0.1) is 0 Å². The topological polar surface area (TPSA) is 85.2 Å². The number of rotatable bonds is 13. The SMILES string of the molecule is CCOCCC(C)(O)C=CC1CCC2(OCCO2)C1CCCCCCC(=O)O. The molecule has 6 heteroatoms. The third kappa shape index (κ3) is 7.14. The monoisotopic (exact) mass is 398 g/mol. The summed E-state index contributed by atoms with van der Waals surface area (Å²) >= 11 is 0. The van der Waals surface area contributed by atoms with Crippen molar-refractivity contribution in [3.8, 4) is 0 Å². The lowest BCUT2D eigenvalue weighted by atomic mass is 9.86. The van der Waals surface area contributed by atoms with Crippen LogP contribution in [0.5, 0.6) is 0 Å². The lowest BCUT2D eigenvalue weighted by molar-refractivity contribution is -0.186. The van der Waals surface area contributed by atoms with Crippen LogP contribution in [-0.2, 0) is 19.0 Å². The second-order valence-electron chi connectivity index (χ2n) is 8.33. The van der Waals surface area contributed by atoms with E-state index in [-0.39, 0.29) is 12.3 Å². The van der Waals surface area contributed by atoms with Gasteiger partial charge in [-0.2, -0.15) is 0 Å². The summed E-state index contributed by atoms with van der Waals surface area (Å²) in [6.45, 7) is 6.29. The van der Waals surface area contributed by atoms with E-state index >= 15 is 0 Å². The van der Waals surface area contributed by atoms with Gasteiger partial charge in [0, 0.05) is 38.4 Å². The van der Waals surface area contributed by atoms with Gasteiger partial charge in [-0.3, -0.25) is 4.79 Å². The van der Waals surface area contributed by atoms with Crippen molar-refractivity contribution in [2.45, 2.75) is 83.0 Å². The van der Waals surface area contributed by atoms with Gasteiger partial charge in [-0.25, -0.2) is 0 Å². The molecule has 28 heavy (non-hydrogen) atoms. The van der Waals surface area contributed by atoms with Gasteiger partial charge in [0.05, 0.1) is 18.8 Å². The third-order valence-electron chi connectivity index (χ3n) is 6.00. The first-order valence-electron chi connectivity index (χ1n) is 10.9. The number of carboxylic acid groups (broad SMARTS) is 1. The van der Waals surface area contributed by atoms with Crippen molar-refractivity contribution in [3.05, 3.63) is 12.2 Å². The number of aliphatic carboxylic acids is 1. The number of aliphatic hydroxyl groups is 1. The summed E-state index contributed by atoms with van der Waals surface area (Å²) < 4.78 is 17.5. The summed E-state index contributed by atoms with van der Waals surface area (Å²) in [5.74, 6) is -0.569. The molecule has 0 aromatic rings. The van der Waals surface area contributed by atoms with E-state index in [4.69, 9.17) is 19.3 Å². The van der Waals surface area contributed by atoms with Gasteiger partial charge in [0.25, 0.3) is 0 Å². The molecular weight excluding hydrogens is 360 g/mol. The molecule has 2 N–H and O–H groups in total. The van der Waals surface area contributed by atoms with Gasteiger partial charge in [-0.1, -0.05) is 31.4 Å². The fourth-order valence-corrected chi connectivity index (χ4v) is 4.41. The molecule has 0 bridgehead atoms. The van der Waals surface area contributed by atoms with Crippen molar-refractivity contribution in [2.24, 2.45) is 11.8 Å². The summed E-state index contributed by atoms with van der Waals surface area (Å²) in [4.78, 5) is 10.6. The molecule has 0 amide bonds. The van der Waals surface area contributed by atoms with Crippen molar-refractivity contribution in [3.63, 3.8) is 0 Å². The maximum atomic E-state index is 10.6. The molecule has 0 aromatic heterocycles. The third-order valence-corrected chi connectivity index (χ3v) is 6.00. The highest BCUT2D eigenvalue weighted by molar-refractivity contribution is 5.66. The number of carbonyl (C=O) groups is 1. The molecule has 2 fully saturated rings. The summed E-state index contributed by atoms with van der Waals surface area (Å²) in [6.07, 6.45) is 11.6. The minimum atomic E-state index is -0.871. The van der Waals surface area contributed by atoms with E-state index in [0.717, 1.165) is 44.9 Å². The summed E-state index contributed by atoms with van der Waals surface area (Å²) in [5, 5.41) is 19.3. The first-order valence-corrected chi connectivity index (χ1v) is 10.9. The van der Waals surface area contributed by atoms with Crippen LogP contribution in [0.25, 0.3) is 0 Å². The predicted molar refractivity (Wildman–Crippen MR) is 107 cm³/mol. The van der Waals surface area contributed by atoms with Crippen LogP contribution in [0.1, 0.15) is 71.6 Å². The predicted octanol–water partition coefficient (Wildman–Crippen LogP) is 3.91. The van der Waals surface area contributed by atoms with Crippen molar-refractivity contribution in [1.82, 2.24) is 0 Å². The zero-order valence-corrected chi connectivity index (χ0v) is 17.5. The Kier molecular flexibility index (Phi) is 9.41.